The van der Waals surface area contributed by atoms with Gasteiger partial charge in [-0.25, -0.2) is 4.79 Å². The first-order valence-corrected chi connectivity index (χ1v) is 8.71. The Morgan fingerprint density at radius 1 is 1.00 bits per heavy atom. The van der Waals surface area contributed by atoms with Crippen molar-refractivity contribution in [1.29, 1.82) is 5.26 Å². The number of methoxy groups -OCH3 is 1. The van der Waals surface area contributed by atoms with Gasteiger partial charge in [0.05, 0.1) is 18.4 Å². The highest BCUT2D eigenvalue weighted by atomic mass is 16.5. The Labute approximate surface area is 162 Å². The molecule has 2 N–H and O–H groups in total. The Morgan fingerprint density at radius 2 is 1.68 bits per heavy atom. The molecule has 0 saturated heterocycles. The van der Waals surface area contributed by atoms with Crippen LogP contribution in [0.5, 0.6) is 0 Å². The molecule has 3 aromatic carbocycles. The fourth-order valence-electron chi connectivity index (χ4n) is 3.30. The van der Waals surface area contributed by atoms with Crippen LogP contribution in [0.15, 0.2) is 72.9 Å². The van der Waals surface area contributed by atoms with Crippen molar-refractivity contribution in [1.82, 2.24) is 4.57 Å². The van der Waals surface area contributed by atoms with Crippen molar-refractivity contribution in [2.24, 2.45) is 0 Å². The van der Waals surface area contributed by atoms with Crippen molar-refractivity contribution in [2.45, 2.75) is 0 Å². The quantitative estimate of drug-likeness (QED) is 0.539. The second-order valence-corrected chi connectivity index (χ2v) is 6.39. The van der Waals surface area contributed by atoms with Gasteiger partial charge >= 0.3 is 5.97 Å². The molecule has 0 bridgehead atoms. The molecule has 28 heavy (non-hydrogen) atoms. The monoisotopic (exact) mass is 367 g/mol. The first-order valence-electron chi connectivity index (χ1n) is 8.71. The fraction of sp³-hybridized carbons (Fsp3) is 0.0435. The smallest absolute Gasteiger partial charge is 0.357 e. The lowest BCUT2D eigenvalue weighted by Gasteiger charge is -2.10. The van der Waals surface area contributed by atoms with Crippen molar-refractivity contribution in [3.8, 4) is 22.9 Å². The molecule has 0 amide bonds. The van der Waals surface area contributed by atoms with Gasteiger partial charge in [-0.2, -0.15) is 5.26 Å². The fourth-order valence-corrected chi connectivity index (χ4v) is 3.30. The van der Waals surface area contributed by atoms with Gasteiger partial charge in [0, 0.05) is 11.9 Å². The summed E-state index contributed by atoms with van der Waals surface area (Å²) in [4.78, 5) is 12.1. The van der Waals surface area contributed by atoms with Crippen LogP contribution in [0.4, 0.5) is 5.69 Å². The van der Waals surface area contributed by atoms with E-state index in [1.54, 1.807) is 10.8 Å². The maximum absolute atomic E-state index is 12.1. The third-order valence-corrected chi connectivity index (χ3v) is 4.77. The lowest BCUT2D eigenvalue weighted by Crippen LogP contribution is -2.11. The van der Waals surface area contributed by atoms with Gasteiger partial charge in [0.2, 0.25) is 0 Å². The molecule has 0 spiro atoms. The molecule has 5 nitrogen and oxygen atoms in total. The molecule has 1 aromatic heterocycles. The van der Waals surface area contributed by atoms with Crippen LogP contribution >= 0.6 is 0 Å². The normalized spacial score (nSPS) is 10.6. The van der Waals surface area contributed by atoms with Crippen LogP contribution < -0.4 is 5.73 Å². The summed E-state index contributed by atoms with van der Waals surface area (Å²) >= 11 is 0. The van der Waals surface area contributed by atoms with Crippen LogP contribution in [0, 0.1) is 11.3 Å². The topological polar surface area (TPSA) is 81.0 Å². The third-order valence-electron chi connectivity index (χ3n) is 4.77. The maximum atomic E-state index is 12.1. The average Bonchev–Trinajstić information content (AvgIpc) is 3.09. The molecule has 1 heterocycles. The van der Waals surface area contributed by atoms with Crippen LogP contribution in [-0.4, -0.2) is 17.6 Å². The summed E-state index contributed by atoms with van der Waals surface area (Å²) in [5.74, 6) is -0.586. The molecule has 4 rings (SSSR count). The van der Waals surface area contributed by atoms with Gasteiger partial charge in [-0.05, 0) is 40.1 Å². The molecular formula is C23H17N3O2. The number of anilines is 1. The molecule has 4 aromatic rings. The number of hydrogen-bond donors (Lipinski definition) is 1. The standard InChI is InChI=1S/C23H17N3O2/c1-28-23(27)22-21(25)19(13-24)14-26(22)20-10-8-16(9-11-20)18-7-6-15-4-2-3-5-17(15)12-18/h2-12,14H,25H2,1H3. The highest BCUT2D eigenvalue weighted by molar-refractivity contribution is 5.96. The minimum absolute atomic E-state index is 0.118. The van der Waals surface area contributed by atoms with E-state index in [0.29, 0.717) is 0 Å². The third kappa shape index (κ3) is 2.87. The number of fused-ring (bicyclic) bond motifs is 1. The number of nitriles is 1. The van der Waals surface area contributed by atoms with Gasteiger partial charge in [-0.15, -0.1) is 0 Å². The van der Waals surface area contributed by atoms with E-state index in [1.165, 1.54) is 17.9 Å². The van der Waals surface area contributed by atoms with E-state index in [0.717, 1.165) is 16.8 Å². The summed E-state index contributed by atoms with van der Waals surface area (Å²) in [6.07, 6.45) is 1.55. The number of aromatic nitrogens is 1. The van der Waals surface area contributed by atoms with Gasteiger partial charge in [-0.3, -0.25) is 0 Å². The summed E-state index contributed by atoms with van der Waals surface area (Å²) in [6.45, 7) is 0. The molecule has 0 aliphatic heterocycles. The minimum Gasteiger partial charge on any atom is -0.464 e. The maximum Gasteiger partial charge on any atom is 0.357 e. The number of benzene rings is 3. The number of rotatable bonds is 3. The molecule has 0 unspecified atom stereocenters. The van der Waals surface area contributed by atoms with Gasteiger partial charge in [0.25, 0.3) is 0 Å². The van der Waals surface area contributed by atoms with Crippen molar-refractivity contribution >= 4 is 22.4 Å². The van der Waals surface area contributed by atoms with Crippen LogP contribution in [0.2, 0.25) is 0 Å². The predicted octanol–water partition coefficient (Wildman–Crippen LogP) is 4.54. The second kappa shape index (κ2) is 6.93. The Kier molecular flexibility index (Phi) is 4.30. The van der Waals surface area contributed by atoms with Gasteiger partial charge < -0.3 is 15.0 Å². The van der Waals surface area contributed by atoms with Crippen molar-refractivity contribution in [2.75, 3.05) is 12.8 Å². The number of nitrogen functional groups attached to an aromatic ring is 1. The number of ether oxygens (including phenoxy) is 1. The predicted molar refractivity (Wildman–Crippen MR) is 109 cm³/mol. The largest absolute Gasteiger partial charge is 0.464 e. The zero-order valence-corrected chi connectivity index (χ0v) is 15.2. The first-order chi connectivity index (χ1) is 13.6. The number of nitrogens with zero attached hydrogens (tertiary/aromatic N) is 2. The second-order valence-electron chi connectivity index (χ2n) is 6.39. The number of carbonyl (C=O) groups excluding carboxylic acids is 1. The van der Waals surface area contributed by atoms with E-state index < -0.39 is 5.97 Å². The molecule has 136 valence electrons. The highest BCUT2D eigenvalue weighted by Crippen LogP contribution is 2.28. The van der Waals surface area contributed by atoms with E-state index in [-0.39, 0.29) is 16.9 Å². The number of nitrogens with two attached hydrogens (primary N) is 1. The molecule has 0 aliphatic rings. The molecule has 0 fully saturated rings. The Balaban J connectivity index is 1.76. The first kappa shape index (κ1) is 17.4. The van der Waals surface area contributed by atoms with Gasteiger partial charge in [-0.1, -0.05) is 48.5 Å². The Hall–Kier alpha value is -4.04. The highest BCUT2D eigenvalue weighted by Gasteiger charge is 2.21. The Morgan fingerprint density at radius 3 is 2.36 bits per heavy atom. The molecule has 0 saturated carbocycles. The SMILES string of the molecule is COC(=O)c1c(N)c(C#N)cn1-c1ccc(-c2ccc3ccccc3c2)cc1. The van der Waals surface area contributed by atoms with E-state index in [1.807, 2.05) is 42.5 Å². The van der Waals surface area contributed by atoms with Gasteiger partial charge in [0.1, 0.15) is 6.07 Å². The van der Waals surface area contributed by atoms with Crippen LogP contribution in [0.25, 0.3) is 27.6 Å². The lowest BCUT2D eigenvalue weighted by atomic mass is 10.0. The van der Waals surface area contributed by atoms with Crippen molar-refractivity contribution in [3.63, 3.8) is 0 Å². The van der Waals surface area contributed by atoms with Gasteiger partial charge in [0.15, 0.2) is 5.69 Å². The summed E-state index contributed by atoms with van der Waals surface area (Å²) < 4.78 is 6.41. The minimum atomic E-state index is -0.586. The zero-order valence-electron chi connectivity index (χ0n) is 15.2. The van der Waals surface area contributed by atoms with Crippen molar-refractivity contribution in [3.05, 3.63) is 84.2 Å². The Bertz CT molecular complexity index is 1230. The lowest BCUT2D eigenvalue weighted by molar-refractivity contribution is 0.0593. The summed E-state index contributed by atoms with van der Waals surface area (Å²) in [6, 6.07) is 24.3. The summed E-state index contributed by atoms with van der Waals surface area (Å²) in [5.41, 5.74) is 9.33. The van der Waals surface area contributed by atoms with E-state index in [4.69, 9.17) is 10.5 Å². The summed E-state index contributed by atoms with van der Waals surface area (Å²) in [5, 5.41) is 11.6. The van der Waals surface area contributed by atoms with Crippen LogP contribution in [-0.2, 0) is 4.74 Å². The van der Waals surface area contributed by atoms with Crippen LogP contribution in [0.3, 0.4) is 0 Å². The van der Waals surface area contributed by atoms with Crippen LogP contribution in [0.1, 0.15) is 16.1 Å². The van der Waals surface area contributed by atoms with E-state index in [9.17, 15) is 10.1 Å². The summed E-state index contributed by atoms with van der Waals surface area (Å²) in [7, 11) is 1.29. The molecule has 5 heteroatoms. The van der Waals surface area contributed by atoms with E-state index >= 15 is 0 Å². The average molecular weight is 367 g/mol. The molecule has 0 atom stereocenters. The van der Waals surface area contributed by atoms with Crippen molar-refractivity contribution < 1.29 is 9.53 Å². The number of carbonyl (C=O) groups is 1. The molecule has 0 radical (unpaired) electrons. The number of hydrogen-bond acceptors (Lipinski definition) is 4. The zero-order chi connectivity index (χ0) is 19.7. The van der Waals surface area contributed by atoms with E-state index in [2.05, 4.69) is 30.3 Å². The molecule has 0 aliphatic carbocycles. The molecular weight excluding hydrogens is 350 g/mol. The number of esters is 1.